The van der Waals surface area contributed by atoms with Gasteiger partial charge in [0.05, 0.1) is 5.92 Å². The maximum absolute atomic E-state index is 13.0. The van der Waals surface area contributed by atoms with Crippen LogP contribution in [0.4, 0.5) is 19.0 Å². The zero-order valence-electron chi connectivity index (χ0n) is 13.2. The fraction of sp³-hybridized carbons (Fsp3) is 0.438. The lowest BCUT2D eigenvalue weighted by molar-refractivity contribution is -0.182. The highest BCUT2D eigenvalue weighted by Gasteiger charge is 2.42. The molecule has 5 nitrogen and oxygen atoms in total. The summed E-state index contributed by atoms with van der Waals surface area (Å²) in [6.45, 7) is 0. The Hall–Kier alpha value is -2.16. The normalized spacial score (nSPS) is 21.6. The summed E-state index contributed by atoms with van der Waals surface area (Å²) in [4.78, 5) is 0. The molecule has 4 rings (SSSR count). The molecule has 0 spiro atoms. The first-order chi connectivity index (χ1) is 12.0. The summed E-state index contributed by atoms with van der Waals surface area (Å²) in [5, 5.41) is 19.8. The summed E-state index contributed by atoms with van der Waals surface area (Å²) in [6, 6.07) is 5.20. The highest BCUT2D eigenvalue weighted by atomic mass is 32.1. The SMILES string of the molecule is FC(F)(F)C1CCCC(Nc2ccc3nnc(-c4ccsc4)n3n2)C1. The maximum atomic E-state index is 13.0. The van der Waals surface area contributed by atoms with Crippen molar-refractivity contribution >= 4 is 22.8 Å². The molecule has 3 heterocycles. The van der Waals surface area contributed by atoms with Crippen molar-refractivity contribution in [2.75, 3.05) is 5.32 Å². The smallest absolute Gasteiger partial charge is 0.366 e. The highest BCUT2D eigenvalue weighted by molar-refractivity contribution is 7.08. The minimum atomic E-state index is -4.13. The molecule has 3 aromatic rings. The van der Waals surface area contributed by atoms with Gasteiger partial charge in [-0.1, -0.05) is 6.42 Å². The Morgan fingerprint density at radius 3 is 2.80 bits per heavy atom. The van der Waals surface area contributed by atoms with Gasteiger partial charge in [0.2, 0.25) is 0 Å². The first-order valence-electron chi connectivity index (χ1n) is 8.09. The van der Waals surface area contributed by atoms with Crippen molar-refractivity contribution in [1.82, 2.24) is 19.8 Å². The second-order valence-electron chi connectivity index (χ2n) is 6.27. The van der Waals surface area contributed by atoms with Gasteiger partial charge in [-0.25, -0.2) is 0 Å². The first-order valence-corrected chi connectivity index (χ1v) is 9.03. The van der Waals surface area contributed by atoms with Gasteiger partial charge in [0, 0.05) is 17.0 Å². The summed E-state index contributed by atoms with van der Waals surface area (Å²) in [7, 11) is 0. The van der Waals surface area contributed by atoms with E-state index in [2.05, 4.69) is 20.6 Å². The van der Waals surface area contributed by atoms with Crippen LogP contribution in [0.3, 0.4) is 0 Å². The van der Waals surface area contributed by atoms with Crippen LogP contribution in [0.2, 0.25) is 0 Å². The monoisotopic (exact) mass is 367 g/mol. The molecule has 0 aromatic carbocycles. The van der Waals surface area contributed by atoms with Gasteiger partial charge >= 0.3 is 6.18 Å². The highest BCUT2D eigenvalue weighted by Crippen LogP contribution is 2.38. The van der Waals surface area contributed by atoms with Gasteiger partial charge in [0.1, 0.15) is 5.82 Å². The number of nitrogens with zero attached hydrogens (tertiary/aromatic N) is 4. The third-order valence-electron chi connectivity index (χ3n) is 4.53. The van der Waals surface area contributed by atoms with Crippen LogP contribution in [0, 0.1) is 5.92 Å². The molecule has 0 radical (unpaired) electrons. The summed E-state index contributed by atoms with van der Waals surface area (Å²) < 4.78 is 40.5. The number of hydrogen-bond acceptors (Lipinski definition) is 5. The van der Waals surface area contributed by atoms with Gasteiger partial charge < -0.3 is 5.32 Å². The van der Waals surface area contributed by atoms with E-state index in [4.69, 9.17) is 0 Å². The Morgan fingerprint density at radius 2 is 2.04 bits per heavy atom. The first kappa shape index (κ1) is 16.3. The van der Waals surface area contributed by atoms with Crippen LogP contribution in [-0.2, 0) is 0 Å². The molecule has 1 aliphatic rings. The van der Waals surface area contributed by atoms with E-state index >= 15 is 0 Å². The van der Waals surface area contributed by atoms with E-state index in [1.165, 1.54) is 0 Å². The molecule has 9 heteroatoms. The number of thiophene rings is 1. The van der Waals surface area contributed by atoms with Crippen molar-refractivity contribution in [3.8, 4) is 11.4 Å². The molecular weight excluding hydrogens is 351 g/mol. The zero-order chi connectivity index (χ0) is 17.4. The Morgan fingerprint density at radius 1 is 1.16 bits per heavy atom. The third-order valence-corrected chi connectivity index (χ3v) is 5.21. The van der Waals surface area contributed by atoms with Crippen molar-refractivity contribution in [3.05, 3.63) is 29.0 Å². The number of nitrogens with one attached hydrogen (secondary N) is 1. The second kappa shape index (κ2) is 6.29. The molecule has 1 N–H and O–H groups in total. The molecule has 25 heavy (non-hydrogen) atoms. The number of hydrogen-bond donors (Lipinski definition) is 1. The van der Waals surface area contributed by atoms with E-state index in [1.807, 2.05) is 16.8 Å². The van der Waals surface area contributed by atoms with Gasteiger partial charge in [-0.3, -0.25) is 0 Å². The number of fused-ring (bicyclic) bond motifs is 1. The Balaban J connectivity index is 1.57. The second-order valence-corrected chi connectivity index (χ2v) is 7.05. The Labute approximate surface area is 145 Å². The van der Waals surface area contributed by atoms with Crippen LogP contribution in [0.25, 0.3) is 17.0 Å². The van der Waals surface area contributed by atoms with Gasteiger partial charge in [0.15, 0.2) is 11.5 Å². The molecule has 3 aromatic heterocycles. The van der Waals surface area contributed by atoms with Crippen LogP contribution in [0.1, 0.15) is 25.7 Å². The van der Waals surface area contributed by atoms with Crippen molar-refractivity contribution in [2.45, 2.75) is 37.9 Å². The Kier molecular flexibility index (Phi) is 4.10. The van der Waals surface area contributed by atoms with Gasteiger partial charge in [-0.05, 0) is 42.8 Å². The number of rotatable bonds is 3. The molecule has 0 aliphatic heterocycles. The van der Waals surface area contributed by atoms with E-state index in [1.54, 1.807) is 28.0 Å². The van der Waals surface area contributed by atoms with Crippen LogP contribution in [-0.4, -0.2) is 32.0 Å². The maximum Gasteiger partial charge on any atom is 0.391 e. The molecular formula is C16H16F3N5S. The van der Waals surface area contributed by atoms with E-state index in [0.29, 0.717) is 30.1 Å². The van der Waals surface area contributed by atoms with Gasteiger partial charge in [0.25, 0.3) is 0 Å². The van der Waals surface area contributed by atoms with Crippen molar-refractivity contribution < 1.29 is 13.2 Å². The largest absolute Gasteiger partial charge is 0.391 e. The van der Waals surface area contributed by atoms with E-state index in [-0.39, 0.29) is 18.9 Å². The molecule has 2 unspecified atom stereocenters. The fourth-order valence-corrected chi connectivity index (χ4v) is 3.90. The molecule has 2 atom stereocenters. The predicted molar refractivity (Wildman–Crippen MR) is 89.5 cm³/mol. The summed E-state index contributed by atoms with van der Waals surface area (Å²) in [6.07, 6.45) is -2.55. The Bertz CT molecular complexity index is 858. The van der Waals surface area contributed by atoms with E-state index < -0.39 is 12.1 Å². The van der Waals surface area contributed by atoms with Crippen LogP contribution in [0.15, 0.2) is 29.0 Å². The number of halogens is 3. The molecule has 1 saturated carbocycles. The standard InChI is InChI=1S/C16H16F3N5S/c17-16(18,19)11-2-1-3-12(8-11)20-13-4-5-14-21-22-15(24(14)23-13)10-6-7-25-9-10/h4-7,9,11-12H,1-3,8H2,(H,20,23). The van der Waals surface area contributed by atoms with Crippen molar-refractivity contribution in [1.29, 1.82) is 0 Å². The average Bonchev–Trinajstić information content (AvgIpc) is 3.23. The lowest BCUT2D eigenvalue weighted by Crippen LogP contribution is -2.34. The van der Waals surface area contributed by atoms with Crippen LogP contribution in [0.5, 0.6) is 0 Å². The number of alkyl halides is 3. The molecule has 1 aliphatic carbocycles. The molecule has 0 amide bonds. The summed E-state index contributed by atoms with van der Waals surface area (Å²) in [5.74, 6) is -0.0768. The number of aromatic nitrogens is 4. The van der Waals surface area contributed by atoms with E-state index in [0.717, 1.165) is 5.56 Å². The summed E-state index contributed by atoms with van der Waals surface area (Å²) >= 11 is 1.55. The van der Waals surface area contributed by atoms with Crippen molar-refractivity contribution in [3.63, 3.8) is 0 Å². The third kappa shape index (κ3) is 3.33. The minimum Gasteiger partial charge on any atom is -0.366 e. The quantitative estimate of drug-likeness (QED) is 0.746. The van der Waals surface area contributed by atoms with Crippen molar-refractivity contribution in [2.24, 2.45) is 5.92 Å². The summed E-state index contributed by atoms with van der Waals surface area (Å²) in [5.41, 5.74) is 1.51. The molecule has 132 valence electrons. The minimum absolute atomic E-state index is 0.0861. The predicted octanol–water partition coefficient (Wildman–Crippen LogP) is 4.39. The number of anilines is 1. The topological polar surface area (TPSA) is 55.1 Å². The van der Waals surface area contributed by atoms with E-state index in [9.17, 15) is 13.2 Å². The molecule has 1 fully saturated rings. The molecule has 0 saturated heterocycles. The van der Waals surface area contributed by atoms with Crippen LogP contribution >= 0.6 is 11.3 Å². The zero-order valence-corrected chi connectivity index (χ0v) is 14.0. The fourth-order valence-electron chi connectivity index (χ4n) is 3.26. The average molecular weight is 367 g/mol. The molecule has 0 bridgehead atoms. The lowest BCUT2D eigenvalue weighted by Gasteiger charge is -2.31. The lowest BCUT2D eigenvalue weighted by atomic mass is 9.85. The van der Waals surface area contributed by atoms with Crippen LogP contribution < -0.4 is 5.32 Å². The van der Waals surface area contributed by atoms with Gasteiger partial charge in [-0.15, -0.1) is 15.3 Å². The van der Waals surface area contributed by atoms with Gasteiger partial charge in [-0.2, -0.15) is 29.0 Å².